The van der Waals surface area contributed by atoms with Crippen molar-refractivity contribution in [2.75, 3.05) is 12.4 Å². The number of para-hydroxylation sites is 2. The summed E-state index contributed by atoms with van der Waals surface area (Å²) >= 11 is 0. The molecule has 0 aliphatic carbocycles. The van der Waals surface area contributed by atoms with Crippen molar-refractivity contribution in [1.29, 1.82) is 0 Å². The van der Waals surface area contributed by atoms with Crippen LogP contribution in [0.1, 0.15) is 12.5 Å². The maximum Gasteiger partial charge on any atom is 0.292 e. The molecule has 0 saturated heterocycles. The van der Waals surface area contributed by atoms with Gasteiger partial charge in [-0.1, -0.05) is 24.3 Å². The van der Waals surface area contributed by atoms with Crippen molar-refractivity contribution in [3.05, 3.63) is 70.0 Å². The fourth-order valence-electron chi connectivity index (χ4n) is 2.19. The van der Waals surface area contributed by atoms with Crippen LogP contribution in [0.5, 0.6) is 0 Å². The van der Waals surface area contributed by atoms with Crippen molar-refractivity contribution in [1.82, 2.24) is 4.90 Å². The predicted octanol–water partition coefficient (Wildman–Crippen LogP) is 3.19. The number of nitro benzene ring substituents is 1. The number of carbonyl (C=O) groups excluding carboxylic acids is 1. The van der Waals surface area contributed by atoms with Crippen LogP contribution in [0.15, 0.2) is 48.5 Å². The highest BCUT2D eigenvalue weighted by Gasteiger charge is 2.21. The molecule has 6 nitrogen and oxygen atoms in total. The molecule has 7 heteroatoms. The van der Waals surface area contributed by atoms with E-state index >= 15 is 0 Å². The van der Waals surface area contributed by atoms with Crippen LogP contribution in [0.25, 0.3) is 0 Å². The largest absolute Gasteiger partial charge is 0.319 e. The van der Waals surface area contributed by atoms with Gasteiger partial charge in [0.05, 0.1) is 11.0 Å². The highest BCUT2D eigenvalue weighted by atomic mass is 19.1. The molecule has 0 aliphatic heterocycles. The first-order chi connectivity index (χ1) is 11.4. The standard InChI is InChI=1S/C17H18FN3O3/c1-12(20(2)11-13-7-9-14(18)10-8-13)17(22)19-15-5-3-4-6-16(15)21(23)24/h3-10,12H,11H2,1-2H3,(H,19,22)/t12-/m0/s1. The van der Waals surface area contributed by atoms with Crippen LogP contribution in [0, 0.1) is 15.9 Å². The first-order valence-corrected chi connectivity index (χ1v) is 7.37. The fraction of sp³-hybridized carbons (Fsp3) is 0.235. The van der Waals surface area contributed by atoms with Gasteiger partial charge >= 0.3 is 0 Å². The minimum atomic E-state index is -0.539. The molecule has 0 fully saturated rings. The monoisotopic (exact) mass is 331 g/mol. The average molecular weight is 331 g/mol. The normalized spacial score (nSPS) is 12.0. The molecule has 0 aliphatic rings. The summed E-state index contributed by atoms with van der Waals surface area (Å²) in [5, 5.41) is 13.6. The molecule has 1 amide bonds. The molecule has 0 unspecified atom stereocenters. The third-order valence-electron chi connectivity index (χ3n) is 3.74. The van der Waals surface area contributed by atoms with E-state index in [-0.39, 0.29) is 23.1 Å². The van der Waals surface area contributed by atoms with Gasteiger partial charge in [0.2, 0.25) is 5.91 Å². The number of rotatable bonds is 6. The van der Waals surface area contributed by atoms with Gasteiger partial charge in [0.25, 0.3) is 5.69 Å². The van der Waals surface area contributed by atoms with Crippen LogP contribution in [0.4, 0.5) is 15.8 Å². The van der Waals surface area contributed by atoms with Gasteiger partial charge in [0.1, 0.15) is 11.5 Å². The summed E-state index contributed by atoms with van der Waals surface area (Å²) in [7, 11) is 1.76. The van der Waals surface area contributed by atoms with Crippen LogP contribution >= 0.6 is 0 Å². The molecule has 2 rings (SSSR count). The average Bonchev–Trinajstić information content (AvgIpc) is 2.56. The van der Waals surface area contributed by atoms with Crippen molar-refractivity contribution in [2.24, 2.45) is 0 Å². The van der Waals surface area contributed by atoms with Gasteiger partial charge < -0.3 is 5.32 Å². The molecule has 1 atom stereocenters. The zero-order valence-corrected chi connectivity index (χ0v) is 13.4. The molecule has 0 heterocycles. The molecule has 126 valence electrons. The van der Waals surface area contributed by atoms with Crippen LogP contribution in [-0.2, 0) is 11.3 Å². The SMILES string of the molecule is C[C@@H](C(=O)Nc1ccccc1[N+](=O)[O-])N(C)Cc1ccc(F)cc1. The molecular weight excluding hydrogens is 313 g/mol. The summed E-state index contributed by atoms with van der Waals surface area (Å²) in [6.07, 6.45) is 0. The lowest BCUT2D eigenvalue weighted by molar-refractivity contribution is -0.383. The summed E-state index contributed by atoms with van der Waals surface area (Å²) in [5.74, 6) is -0.669. The first-order valence-electron chi connectivity index (χ1n) is 7.37. The lowest BCUT2D eigenvalue weighted by Crippen LogP contribution is -2.39. The van der Waals surface area contributed by atoms with Crippen molar-refractivity contribution in [3.8, 4) is 0 Å². The second-order valence-electron chi connectivity index (χ2n) is 5.48. The third kappa shape index (κ3) is 4.36. The molecule has 2 aromatic rings. The van der Waals surface area contributed by atoms with Crippen molar-refractivity contribution >= 4 is 17.3 Å². The van der Waals surface area contributed by atoms with Gasteiger partial charge in [-0.05, 0) is 37.7 Å². The molecule has 0 aromatic heterocycles. The summed E-state index contributed by atoms with van der Waals surface area (Å²) in [5.41, 5.74) is 0.873. The van der Waals surface area contributed by atoms with Crippen LogP contribution in [0.2, 0.25) is 0 Å². The Labute approximate surface area is 139 Å². The van der Waals surface area contributed by atoms with E-state index in [4.69, 9.17) is 0 Å². The van der Waals surface area contributed by atoms with Gasteiger partial charge in [-0.15, -0.1) is 0 Å². The molecule has 0 spiro atoms. The maximum atomic E-state index is 12.9. The molecule has 0 saturated carbocycles. The summed E-state index contributed by atoms with van der Waals surface area (Å²) in [6.45, 7) is 2.15. The highest BCUT2D eigenvalue weighted by Crippen LogP contribution is 2.23. The lowest BCUT2D eigenvalue weighted by atomic mass is 10.1. The van der Waals surface area contributed by atoms with Crippen molar-refractivity contribution in [2.45, 2.75) is 19.5 Å². The quantitative estimate of drug-likeness (QED) is 0.651. The Morgan fingerprint density at radius 1 is 1.25 bits per heavy atom. The van der Waals surface area contributed by atoms with E-state index in [1.165, 1.54) is 30.3 Å². The molecule has 0 radical (unpaired) electrons. The summed E-state index contributed by atoms with van der Waals surface area (Å²) in [6, 6.07) is 11.5. The van der Waals surface area contributed by atoms with Gasteiger partial charge in [0.15, 0.2) is 0 Å². The van der Waals surface area contributed by atoms with E-state index in [1.54, 1.807) is 37.1 Å². The Kier molecular flexibility index (Phi) is 5.59. The van der Waals surface area contributed by atoms with E-state index in [0.717, 1.165) is 5.56 Å². The fourth-order valence-corrected chi connectivity index (χ4v) is 2.19. The number of nitro groups is 1. The lowest BCUT2D eigenvalue weighted by Gasteiger charge is -2.23. The minimum absolute atomic E-state index is 0.153. The number of halogens is 1. The Bertz CT molecular complexity index is 734. The maximum absolute atomic E-state index is 12.9. The van der Waals surface area contributed by atoms with E-state index < -0.39 is 11.0 Å². The number of nitrogens with zero attached hydrogens (tertiary/aromatic N) is 2. The number of amides is 1. The van der Waals surface area contributed by atoms with E-state index in [9.17, 15) is 19.3 Å². The number of carbonyl (C=O) groups is 1. The topological polar surface area (TPSA) is 75.5 Å². The van der Waals surface area contributed by atoms with Crippen molar-refractivity contribution < 1.29 is 14.1 Å². The zero-order valence-electron chi connectivity index (χ0n) is 13.4. The van der Waals surface area contributed by atoms with E-state index in [2.05, 4.69) is 5.32 Å². The molecular formula is C17H18FN3O3. The molecule has 0 bridgehead atoms. The summed E-state index contributed by atoms with van der Waals surface area (Å²) < 4.78 is 12.9. The van der Waals surface area contributed by atoms with E-state index in [0.29, 0.717) is 6.54 Å². The van der Waals surface area contributed by atoms with Crippen LogP contribution in [-0.4, -0.2) is 28.8 Å². The van der Waals surface area contributed by atoms with Crippen molar-refractivity contribution in [3.63, 3.8) is 0 Å². The number of anilines is 1. The molecule has 1 N–H and O–H groups in total. The van der Waals surface area contributed by atoms with Crippen LogP contribution < -0.4 is 5.32 Å². The minimum Gasteiger partial charge on any atom is -0.319 e. The highest BCUT2D eigenvalue weighted by molar-refractivity contribution is 5.96. The van der Waals surface area contributed by atoms with Gasteiger partial charge in [-0.3, -0.25) is 19.8 Å². The van der Waals surface area contributed by atoms with Crippen LogP contribution in [0.3, 0.4) is 0 Å². The zero-order chi connectivity index (χ0) is 17.7. The number of nitrogens with one attached hydrogen (secondary N) is 1. The number of hydrogen-bond donors (Lipinski definition) is 1. The number of benzene rings is 2. The Hall–Kier alpha value is -2.80. The second kappa shape index (κ2) is 7.65. The van der Waals surface area contributed by atoms with E-state index in [1.807, 2.05) is 0 Å². The smallest absolute Gasteiger partial charge is 0.292 e. The number of hydrogen-bond acceptors (Lipinski definition) is 4. The Morgan fingerprint density at radius 3 is 2.50 bits per heavy atom. The number of likely N-dealkylation sites (N-methyl/N-ethyl adjacent to an activating group) is 1. The molecule has 24 heavy (non-hydrogen) atoms. The predicted molar refractivity (Wildman–Crippen MR) is 89.1 cm³/mol. The Morgan fingerprint density at radius 2 is 1.88 bits per heavy atom. The molecule has 2 aromatic carbocycles. The van der Waals surface area contributed by atoms with Gasteiger partial charge in [0, 0.05) is 12.6 Å². The summed E-state index contributed by atoms with van der Waals surface area (Å²) in [4.78, 5) is 24.6. The third-order valence-corrected chi connectivity index (χ3v) is 3.74. The van der Waals surface area contributed by atoms with Gasteiger partial charge in [-0.25, -0.2) is 4.39 Å². The second-order valence-corrected chi connectivity index (χ2v) is 5.48. The first kappa shape index (κ1) is 17.6. The van der Waals surface area contributed by atoms with Gasteiger partial charge in [-0.2, -0.15) is 0 Å². The Balaban J connectivity index is 2.04.